The van der Waals surface area contributed by atoms with Crippen LogP contribution in [0.1, 0.15) is 65.7 Å². The molecule has 3 atom stereocenters. The van der Waals surface area contributed by atoms with Crippen molar-refractivity contribution < 1.29 is 0 Å². The molecule has 0 spiro atoms. The van der Waals surface area contributed by atoms with Gasteiger partial charge in [-0.3, -0.25) is 0 Å². The van der Waals surface area contributed by atoms with Crippen LogP contribution in [0.25, 0.3) is 0 Å². The van der Waals surface area contributed by atoms with Crippen LogP contribution in [0.4, 0.5) is 0 Å². The maximum Gasteiger partial charge on any atom is 0.165 e. The fraction of sp³-hybridized carbons (Fsp3) is 0.929. The predicted octanol–water partition coefficient (Wildman–Crippen LogP) is 2.56. The van der Waals surface area contributed by atoms with Crippen molar-refractivity contribution in [2.45, 2.75) is 72.0 Å². The highest BCUT2D eigenvalue weighted by molar-refractivity contribution is 4.90. The zero-order valence-electron chi connectivity index (χ0n) is 12.8. The number of hydrogen-bond acceptors (Lipinski definition) is 4. The Morgan fingerprint density at radius 2 is 2.00 bits per heavy atom. The van der Waals surface area contributed by atoms with Gasteiger partial charge in [-0.15, -0.1) is 5.10 Å². The van der Waals surface area contributed by atoms with Crippen LogP contribution in [-0.2, 0) is 6.54 Å². The number of hydrogen-bond donors (Lipinski definition) is 1. The number of rotatable bonds is 3. The molecule has 1 aliphatic rings. The monoisotopic (exact) mass is 265 g/mol. The van der Waals surface area contributed by atoms with Gasteiger partial charge in [0.25, 0.3) is 0 Å². The summed E-state index contributed by atoms with van der Waals surface area (Å²) < 4.78 is 2.05. The summed E-state index contributed by atoms with van der Waals surface area (Å²) >= 11 is 0. The van der Waals surface area contributed by atoms with Gasteiger partial charge in [0, 0.05) is 5.54 Å². The van der Waals surface area contributed by atoms with Crippen LogP contribution in [0.15, 0.2) is 0 Å². The summed E-state index contributed by atoms with van der Waals surface area (Å²) in [5.41, 5.74) is 0.0856. The van der Waals surface area contributed by atoms with Crippen molar-refractivity contribution in [1.82, 2.24) is 25.5 Å². The first-order valence-electron chi connectivity index (χ1n) is 7.40. The molecule has 1 aromatic heterocycles. The molecule has 0 aliphatic heterocycles. The Bertz CT molecular complexity index is 406. The van der Waals surface area contributed by atoms with E-state index in [2.05, 4.69) is 60.1 Å². The molecule has 0 amide bonds. The lowest BCUT2D eigenvalue weighted by Crippen LogP contribution is -2.37. The van der Waals surface area contributed by atoms with E-state index in [1.807, 2.05) is 0 Å². The summed E-state index contributed by atoms with van der Waals surface area (Å²) in [4.78, 5) is 0. The third kappa shape index (κ3) is 3.53. The third-order valence-corrected chi connectivity index (χ3v) is 4.32. The normalized spacial score (nSPS) is 28.6. The first kappa shape index (κ1) is 14.4. The minimum absolute atomic E-state index is 0.0856. The van der Waals surface area contributed by atoms with E-state index < -0.39 is 0 Å². The molecule has 3 unspecified atom stereocenters. The van der Waals surface area contributed by atoms with E-state index in [1.54, 1.807) is 0 Å². The quantitative estimate of drug-likeness (QED) is 0.912. The van der Waals surface area contributed by atoms with Crippen molar-refractivity contribution in [2.75, 3.05) is 0 Å². The highest BCUT2D eigenvalue weighted by Crippen LogP contribution is 2.37. The molecule has 5 heteroatoms. The van der Waals surface area contributed by atoms with Crippen molar-refractivity contribution in [2.24, 2.45) is 11.8 Å². The second-order valence-electron chi connectivity index (χ2n) is 6.98. The van der Waals surface area contributed by atoms with E-state index in [9.17, 15) is 0 Å². The molecule has 1 heterocycles. The summed E-state index contributed by atoms with van der Waals surface area (Å²) in [7, 11) is 0. The van der Waals surface area contributed by atoms with Crippen molar-refractivity contribution in [3.05, 3.63) is 5.82 Å². The molecule has 1 aromatic rings. The van der Waals surface area contributed by atoms with Crippen molar-refractivity contribution in [3.8, 4) is 0 Å². The molecule has 5 nitrogen and oxygen atoms in total. The molecular formula is C14H27N5. The topological polar surface area (TPSA) is 55.6 Å². The average Bonchev–Trinajstić information content (AvgIpc) is 2.77. The summed E-state index contributed by atoms with van der Waals surface area (Å²) in [5.74, 6) is 2.36. The minimum atomic E-state index is 0.0856. The second-order valence-corrected chi connectivity index (χ2v) is 6.98. The van der Waals surface area contributed by atoms with E-state index >= 15 is 0 Å². The van der Waals surface area contributed by atoms with E-state index in [0.29, 0.717) is 12.0 Å². The second kappa shape index (κ2) is 5.57. The lowest BCUT2D eigenvalue weighted by Gasteiger charge is -2.34. The highest BCUT2D eigenvalue weighted by atomic mass is 15.6. The SMILES string of the molecule is CC1CCCC(n2nnnc2CNC(C)(C)C)C1C. The van der Waals surface area contributed by atoms with Crippen molar-refractivity contribution in [3.63, 3.8) is 0 Å². The lowest BCUT2D eigenvalue weighted by molar-refractivity contribution is 0.168. The first-order valence-corrected chi connectivity index (χ1v) is 7.40. The van der Waals surface area contributed by atoms with Crippen LogP contribution < -0.4 is 5.32 Å². The van der Waals surface area contributed by atoms with Crippen LogP contribution in [-0.4, -0.2) is 25.7 Å². The van der Waals surface area contributed by atoms with Crippen LogP contribution in [0.3, 0.4) is 0 Å². The van der Waals surface area contributed by atoms with Crippen LogP contribution >= 0.6 is 0 Å². The number of aromatic nitrogens is 4. The first-order chi connectivity index (χ1) is 8.88. The van der Waals surface area contributed by atoms with E-state index in [4.69, 9.17) is 0 Å². The van der Waals surface area contributed by atoms with Crippen molar-refractivity contribution >= 4 is 0 Å². The Morgan fingerprint density at radius 3 is 2.68 bits per heavy atom. The van der Waals surface area contributed by atoms with Gasteiger partial charge >= 0.3 is 0 Å². The van der Waals surface area contributed by atoms with Gasteiger partial charge in [0.05, 0.1) is 12.6 Å². The Labute approximate surface area is 116 Å². The molecule has 0 bridgehead atoms. The van der Waals surface area contributed by atoms with Gasteiger partial charge in [-0.1, -0.05) is 26.7 Å². The zero-order valence-corrected chi connectivity index (χ0v) is 12.8. The standard InChI is InChI=1S/C14H27N5/c1-10-7-6-8-12(11(10)2)19-13(16-17-18-19)9-15-14(3,4)5/h10-12,15H,6-9H2,1-5H3. The maximum atomic E-state index is 4.24. The fourth-order valence-electron chi connectivity index (χ4n) is 2.83. The smallest absolute Gasteiger partial charge is 0.165 e. The average molecular weight is 265 g/mol. The molecule has 19 heavy (non-hydrogen) atoms. The van der Waals surface area contributed by atoms with E-state index in [-0.39, 0.29) is 5.54 Å². The van der Waals surface area contributed by atoms with Crippen LogP contribution in [0.2, 0.25) is 0 Å². The molecule has 108 valence electrons. The molecule has 1 fully saturated rings. The number of nitrogens with one attached hydrogen (secondary N) is 1. The van der Waals surface area contributed by atoms with E-state index in [0.717, 1.165) is 18.3 Å². The Balaban J connectivity index is 2.10. The van der Waals surface area contributed by atoms with Gasteiger partial charge in [-0.2, -0.15) is 0 Å². The molecule has 1 saturated carbocycles. The molecule has 1 N–H and O–H groups in total. The van der Waals surface area contributed by atoms with Gasteiger partial charge < -0.3 is 5.32 Å². The third-order valence-electron chi connectivity index (χ3n) is 4.32. The highest BCUT2D eigenvalue weighted by Gasteiger charge is 2.30. The van der Waals surface area contributed by atoms with Gasteiger partial charge in [0.15, 0.2) is 5.82 Å². The van der Waals surface area contributed by atoms with Crippen LogP contribution in [0, 0.1) is 11.8 Å². The summed E-state index contributed by atoms with van der Waals surface area (Å²) in [6.07, 6.45) is 3.80. The molecule has 0 saturated heterocycles. The maximum absolute atomic E-state index is 4.24. The van der Waals surface area contributed by atoms with Crippen LogP contribution in [0.5, 0.6) is 0 Å². The van der Waals surface area contributed by atoms with Gasteiger partial charge in [0.2, 0.25) is 0 Å². The minimum Gasteiger partial charge on any atom is -0.305 e. The lowest BCUT2D eigenvalue weighted by atomic mass is 9.78. The van der Waals surface area contributed by atoms with Crippen molar-refractivity contribution in [1.29, 1.82) is 0 Å². The summed E-state index contributed by atoms with van der Waals surface area (Å²) in [5, 5.41) is 15.8. The summed E-state index contributed by atoms with van der Waals surface area (Å²) in [6.45, 7) is 11.9. The molecule has 0 radical (unpaired) electrons. The largest absolute Gasteiger partial charge is 0.305 e. The predicted molar refractivity (Wildman–Crippen MR) is 75.6 cm³/mol. The summed E-state index contributed by atoms with van der Waals surface area (Å²) in [6, 6.07) is 0.454. The molecule has 2 rings (SSSR count). The molecule has 0 aromatic carbocycles. The van der Waals surface area contributed by atoms with E-state index in [1.165, 1.54) is 19.3 Å². The number of tetrazole rings is 1. The fourth-order valence-corrected chi connectivity index (χ4v) is 2.83. The Kier molecular flexibility index (Phi) is 4.23. The molecule has 1 aliphatic carbocycles. The van der Waals surface area contributed by atoms with Gasteiger partial charge in [-0.25, -0.2) is 4.68 Å². The van der Waals surface area contributed by atoms with Gasteiger partial charge in [0.1, 0.15) is 0 Å². The Morgan fingerprint density at radius 1 is 1.26 bits per heavy atom. The van der Waals surface area contributed by atoms with Gasteiger partial charge in [-0.05, 0) is 49.5 Å². The molecular weight excluding hydrogens is 238 g/mol. The zero-order chi connectivity index (χ0) is 14.0. The Hall–Kier alpha value is -0.970. The number of nitrogens with zero attached hydrogens (tertiary/aromatic N) is 4.